The van der Waals surface area contributed by atoms with Gasteiger partial charge in [-0.1, -0.05) is 23.7 Å². The highest BCUT2D eigenvalue weighted by molar-refractivity contribution is 7.70. The number of rotatable bonds is 6. The second-order valence-corrected chi connectivity index (χ2v) is 11.9. The Morgan fingerprint density at radius 2 is 1.66 bits per heavy atom. The summed E-state index contributed by atoms with van der Waals surface area (Å²) in [6.45, 7) is 7.69. The van der Waals surface area contributed by atoms with Gasteiger partial charge in [-0.3, -0.25) is 0 Å². The Labute approximate surface area is 194 Å². The molecule has 0 radical (unpaired) electrons. The molecule has 7 nitrogen and oxygen atoms in total. The smallest absolute Gasteiger partial charge is 0.229 e. The predicted octanol–water partition coefficient (Wildman–Crippen LogP) is 4.62. The molecule has 1 saturated heterocycles. The quantitative estimate of drug-likeness (QED) is 0.509. The molecular weight excluding hydrogens is 443 g/mol. The minimum Gasteiger partial charge on any atom is -0.369 e. The van der Waals surface area contributed by atoms with Crippen LogP contribution in [0.1, 0.15) is 0 Å². The van der Waals surface area contributed by atoms with Gasteiger partial charge < -0.3 is 25.0 Å². The van der Waals surface area contributed by atoms with Gasteiger partial charge >= 0.3 is 0 Å². The molecule has 32 heavy (non-hydrogen) atoms. The molecule has 0 amide bonds. The van der Waals surface area contributed by atoms with E-state index < -0.39 is 7.14 Å². The SMILES string of the molecule is CN1CCN(c2ccc(Nc3ncc(Cl)c(Nc4ccccc4P(C)(C)=O)n3)cc2)CC1. The van der Waals surface area contributed by atoms with Crippen LogP contribution in [0.4, 0.5) is 28.8 Å². The predicted molar refractivity (Wildman–Crippen MR) is 135 cm³/mol. The molecule has 1 aliphatic rings. The molecular formula is C23H28ClN6OP. The minimum atomic E-state index is -2.47. The van der Waals surface area contributed by atoms with Crippen LogP contribution in [0, 0.1) is 0 Å². The van der Waals surface area contributed by atoms with Crippen LogP contribution < -0.4 is 20.8 Å². The Bertz CT molecular complexity index is 1130. The van der Waals surface area contributed by atoms with Gasteiger partial charge in [0.15, 0.2) is 5.82 Å². The Balaban J connectivity index is 1.50. The number of halogens is 1. The summed E-state index contributed by atoms with van der Waals surface area (Å²) < 4.78 is 12.7. The average Bonchev–Trinajstić information content (AvgIpc) is 2.77. The second kappa shape index (κ2) is 9.49. The maximum absolute atomic E-state index is 12.7. The molecule has 2 N–H and O–H groups in total. The van der Waals surface area contributed by atoms with Crippen molar-refractivity contribution in [3.63, 3.8) is 0 Å². The molecule has 2 heterocycles. The number of benzene rings is 2. The van der Waals surface area contributed by atoms with E-state index in [4.69, 9.17) is 11.6 Å². The van der Waals surface area contributed by atoms with Crippen LogP contribution in [0.2, 0.25) is 5.02 Å². The first-order chi connectivity index (χ1) is 15.3. The molecule has 9 heteroatoms. The van der Waals surface area contributed by atoms with Gasteiger partial charge in [0.2, 0.25) is 5.95 Å². The molecule has 0 atom stereocenters. The molecule has 1 aliphatic heterocycles. The maximum atomic E-state index is 12.7. The highest BCUT2D eigenvalue weighted by Crippen LogP contribution is 2.38. The molecule has 1 fully saturated rings. The molecule has 168 valence electrons. The molecule has 2 aromatic carbocycles. The van der Waals surface area contributed by atoms with Gasteiger partial charge in [0.05, 0.1) is 11.9 Å². The molecule has 0 unspecified atom stereocenters. The van der Waals surface area contributed by atoms with Crippen LogP contribution in [-0.2, 0) is 4.57 Å². The minimum absolute atomic E-state index is 0.387. The van der Waals surface area contributed by atoms with Crippen LogP contribution in [0.25, 0.3) is 0 Å². The molecule has 0 bridgehead atoms. The zero-order chi connectivity index (χ0) is 22.7. The van der Waals surface area contributed by atoms with Gasteiger partial charge in [-0.2, -0.15) is 4.98 Å². The van der Waals surface area contributed by atoms with Gasteiger partial charge in [0.1, 0.15) is 12.2 Å². The van der Waals surface area contributed by atoms with Gasteiger partial charge in [0.25, 0.3) is 0 Å². The molecule has 0 aliphatic carbocycles. The van der Waals surface area contributed by atoms with Crippen molar-refractivity contribution in [2.24, 2.45) is 0 Å². The van der Waals surface area contributed by atoms with Gasteiger partial charge in [-0.05, 0) is 56.8 Å². The fourth-order valence-electron chi connectivity index (χ4n) is 3.64. The number of para-hydroxylation sites is 1. The summed E-state index contributed by atoms with van der Waals surface area (Å²) in [6.07, 6.45) is 1.55. The molecule has 0 spiro atoms. The summed E-state index contributed by atoms with van der Waals surface area (Å²) in [5.74, 6) is 0.886. The van der Waals surface area contributed by atoms with Gasteiger partial charge in [-0.25, -0.2) is 4.98 Å². The summed E-state index contributed by atoms with van der Waals surface area (Å²) in [4.78, 5) is 13.6. The van der Waals surface area contributed by atoms with Crippen LogP contribution in [0.15, 0.2) is 54.7 Å². The van der Waals surface area contributed by atoms with Crippen LogP contribution >= 0.6 is 18.7 Å². The summed E-state index contributed by atoms with van der Waals surface area (Å²) in [6, 6.07) is 15.8. The Morgan fingerprint density at radius 3 is 2.34 bits per heavy atom. The lowest BCUT2D eigenvalue weighted by Gasteiger charge is -2.34. The normalized spacial score (nSPS) is 14.9. The van der Waals surface area contributed by atoms with E-state index in [1.54, 1.807) is 19.5 Å². The first kappa shape index (κ1) is 22.6. The lowest BCUT2D eigenvalue weighted by molar-refractivity contribution is 0.313. The summed E-state index contributed by atoms with van der Waals surface area (Å²) in [5, 5.41) is 7.60. The zero-order valence-corrected chi connectivity index (χ0v) is 20.2. The number of anilines is 5. The highest BCUT2D eigenvalue weighted by atomic mass is 35.5. The summed E-state index contributed by atoms with van der Waals surface area (Å²) >= 11 is 6.34. The topological polar surface area (TPSA) is 73.4 Å². The van der Waals surface area contributed by atoms with E-state index in [9.17, 15) is 4.57 Å². The van der Waals surface area contributed by atoms with Crippen molar-refractivity contribution in [1.82, 2.24) is 14.9 Å². The van der Waals surface area contributed by atoms with E-state index >= 15 is 0 Å². The fraction of sp³-hybridized carbons (Fsp3) is 0.304. The van der Waals surface area contributed by atoms with Crippen molar-refractivity contribution < 1.29 is 4.57 Å². The number of hydrogen-bond acceptors (Lipinski definition) is 7. The number of nitrogens with zero attached hydrogens (tertiary/aromatic N) is 4. The third kappa shape index (κ3) is 5.41. The average molecular weight is 471 g/mol. The molecule has 1 aromatic heterocycles. The largest absolute Gasteiger partial charge is 0.369 e. The maximum Gasteiger partial charge on any atom is 0.229 e. The van der Waals surface area contributed by atoms with Crippen molar-refractivity contribution in [3.05, 3.63) is 59.8 Å². The number of nitrogens with one attached hydrogen (secondary N) is 2. The van der Waals surface area contributed by atoms with Crippen LogP contribution in [0.5, 0.6) is 0 Å². The number of piperazine rings is 1. The standard InChI is InChI=1S/C23H28ClN6OP/c1-29-12-14-30(15-13-29)18-10-8-17(9-11-18)26-23-25-16-19(24)22(28-23)27-20-6-4-5-7-21(20)32(2,3)31/h4-11,16H,12-15H2,1-3H3,(H2,25,26,27,28). The Hall–Kier alpha value is -2.60. The van der Waals surface area contributed by atoms with Gasteiger partial charge in [-0.15, -0.1) is 0 Å². The van der Waals surface area contributed by atoms with E-state index in [-0.39, 0.29) is 0 Å². The lowest BCUT2D eigenvalue weighted by atomic mass is 10.2. The van der Waals surface area contributed by atoms with Gasteiger partial charge in [0, 0.05) is 42.9 Å². The van der Waals surface area contributed by atoms with E-state index in [1.165, 1.54) is 5.69 Å². The monoisotopic (exact) mass is 470 g/mol. The van der Waals surface area contributed by atoms with Crippen molar-refractivity contribution in [1.29, 1.82) is 0 Å². The Kier molecular flexibility index (Phi) is 6.70. The molecule has 4 rings (SSSR count). The first-order valence-electron chi connectivity index (χ1n) is 10.5. The van der Waals surface area contributed by atoms with Crippen molar-refractivity contribution >= 4 is 52.9 Å². The highest BCUT2D eigenvalue weighted by Gasteiger charge is 2.17. The van der Waals surface area contributed by atoms with E-state index in [0.29, 0.717) is 16.8 Å². The van der Waals surface area contributed by atoms with Crippen molar-refractivity contribution in [2.75, 3.05) is 62.1 Å². The van der Waals surface area contributed by atoms with E-state index in [1.807, 2.05) is 36.4 Å². The van der Waals surface area contributed by atoms with E-state index in [2.05, 4.69) is 49.6 Å². The molecule has 0 saturated carbocycles. The van der Waals surface area contributed by atoms with Crippen molar-refractivity contribution in [3.8, 4) is 0 Å². The fourth-order valence-corrected chi connectivity index (χ4v) is 4.93. The van der Waals surface area contributed by atoms with Crippen molar-refractivity contribution in [2.45, 2.75) is 0 Å². The van der Waals surface area contributed by atoms with Crippen LogP contribution in [-0.4, -0.2) is 61.4 Å². The third-order valence-electron chi connectivity index (χ3n) is 5.47. The number of hydrogen-bond donors (Lipinski definition) is 2. The molecule has 3 aromatic rings. The third-order valence-corrected chi connectivity index (χ3v) is 7.30. The number of aromatic nitrogens is 2. The lowest BCUT2D eigenvalue weighted by Crippen LogP contribution is -2.44. The number of likely N-dealkylation sites (N-methyl/N-ethyl adjacent to an activating group) is 1. The summed E-state index contributed by atoms with van der Waals surface area (Å²) in [5.41, 5.74) is 2.83. The first-order valence-corrected chi connectivity index (χ1v) is 13.5. The zero-order valence-electron chi connectivity index (χ0n) is 18.5. The summed E-state index contributed by atoms with van der Waals surface area (Å²) in [7, 11) is -0.312. The Morgan fingerprint density at radius 1 is 0.969 bits per heavy atom. The van der Waals surface area contributed by atoms with Crippen LogP contribution in [0.3, 0.4) is 0 Å². The second-order valence-electron chi connectivity index (χ2n) is 8.35. The van der Waals surface area contributed by atoms with E-state index in [0.717, 1.165) is 42.9 Å².